The van der Waals surface area contributed by atoms with Gasteiger partial charge >= 0.3 is 0 Å². The van der Waals surface area contributed by atoms with E-state index < -0.39 is 0 Å². The fraction of sp³-hybridized carbons (Fsp3) is 0.360. The zero-order chi connectivity index (χ0) is 22.9. The molecule has 0 saturated heterocycles. The highest BCUT2D eigenvalue weighted by Crippen LogP contribution is 2.39. The Balaban J connectivity index is 1.53. The van der Waals surface area contributed by atoms with Gasteiger partial charge < -0.3 is 20.6 Å². The number of H-pyrrole nitrogens is 1. The summed E-state index contributed by atoms with van der Waals surface area (Å²) in [6.45, 7) is 2.47. The van der Waals surface area contributed by atoms with E-state index in [0.29, 0.717) is 35.4 Å². The van der Waals surface area contributed by atoms with Crippen molar-refractivity contribution in [3.05, 3.63) is 58.0 Å². The molecule has 0 spiro atoms. The van der Waals surface area contributed by atoms with Gasteiger partial charge in [-0.2, -0.15) is 0 Å². The van der Waals surface area contributed by atoms with Crippen LogP contribution in [0.3, 0.4) is 0 Å². The number of hydrogen-bond acceptors (Lipinski definition) is 7. The lowest BCUT2D eigenvalue weighted by Gasteiger charge is -2.29. The molecular formula is C25H27N5O3. The third-order valence-electron chi connectivity index (χ3n) is 6.59. The van der Waals surface area contributed by atoms with Gasteiger partial charge in [0.2, 0.25) is 5.56 Å². The van der Waals surface area contributed by atoms with E-state index in [2.05, 4.69) is 33.2 Å². The van der Waals surface area contributed by atoms with E-state index in [4.69, 9.17) is 20.6 Å². The normalized spacial score (nSPS) is 18.7. The molecule has 0 radical (unpaired) electrons. The van der Waals surface area contributed by atoms with Crippen molar-refractivity contribution in [2.24, 2.45) is 0 Å². The predicted octanol–water partition coefficient (Wildman–Crippen LogP) is 3.46. The number of rotatable bonds is 5. The summed E-state index contributed by atoms with van der Waals surface area (Å²) < 4.78 is 5.72. The van der Waals surface area contributed by atoms with Crippen LogP contribution in [0.2, 0.25) is 0 Å². The number of aromatic amines is 1. The molecule has 0 amide bonds. The van der Waals surface area contributed by atoms with Gasteiger partial charge in [0.15, 0.2) is 5.82 Å². The molecule has 5 rings (SSSR count). The monoisotopic (exact) mass is 445 g/mol. The summed E-state index contributed by atoms with van der Waals surface area (Å²) in [6, 6.07) is 9.42. The van der Waals surface area contributed by atoms with Gasteiger partial charge in [0.25, 0.3) is 0 Å². The van der Waals surface area contributed by atoms with E-state index in [1.165, 1.54) is 11.6 Å². The van der Waals surface area contributed by atoms with Gasteiger partial charge in [-0.25, -0.2) is 15.0 Å². The summed E-state index contributed by atoms with van der Waals surface area (Å²) in [4.78, 5) is 28.4. The van der Waals surface area contributed by atoms with E-state index in [0.717, 1.165) is 47.5 Å². The zero-order valence-electron chi connectivity index (χ0n) is 18.5. The topological polar surface area (TPSA) is 127 Å². The molecular weight excluding hydrogens is 418 g/mol. The lowest BCUT2D eigenvalue weighted by Crippen LogP contribution is -2.22. The molecule has 0 bridgehead atoms. The second-order valence-electron chi connectivity index (χ2n) is 8.63. The first-order valence-corrected chi connectivity index (χ1v) is 11.3. The van der Waals surface area contributed by atoms with Crippen molar-refractivity contribution in [3.8, 4) is 11.4 Å². The quantitative estimate of drug-likeness (QED) is 0.429. The molecule has 3 aromatic heterocycles. The number of nitrogens with zero attached hydrogens (tertiary/aromatic N) is 3. The summed E-state index contributed by atoms with van der Waals surface area (Å²) >= 11 is 0. The number of pyridine rings is 2. The molecule has 0 unspecified atom stereocenters. The number of para-hydroxylation sites is 1. The third kappa shape index (κ3) is 4.07. The zero-order valence-corrected chi connectivity index (χ0v) is 18.5. The van der Waals surface area contributed by atoms with Crippen LogP contribution in [0.5, 0.6) is 0 Å². The van der Waals surface area contributed by atoms with Crippen molar-refractivity contribution in [1.82, 2.24) is 19.9 Å². The number of aliphatic hydroxyl groups excluding tert-OH is 1. The Morgan fingerprint density at radius 1 is 1.15 bits per heavy atom. The Morgan fingerprint density at radius 2 is 1.97 bits per heavy atom. The average molecular weight is 446 g/mol. The molecule has 8 heteroatoms. The minimum Gasteiger partial charge on any atom is -0.394 e. The highest BCUT2D eigenvalue weighted by molar-refractivity contribution is 5.94. The Morgan fingerprint density at radius 3 is 2.76 bits per heavy atom. The van der Waals surface area contributed by atoms with Crippen LogP contribution in [0.25, 0.3) is 33.3 Å². The molecule has 4 aromatic rings. The van der Waals surface area contributed by atoms with E-state index >= 15 is 0 Å². The van der Waals surface area contributed by atoms with Crippen LogP contribution >= 0.6 is 0 Å². The number of hydrogen-bond donors (Lipinski definition) is 3. The number of benzene rings is 1. The number of fused-ring (bicyclic) bond motifs is 2. The largest absolute Gasteiger partial charge is 0.394 e. The Kier molecular flexibility index (Phi) is 5.78. The molecule has 4 N–H and O–H groups in total. The summed E-state index contributed by atoms with van der Waals surface area (Å²) in [5.74, 6) is 1.22. The van der Waals surface area contributed by atoms with Gasteiger partial charge in [0.1, 0.15) is 11.5 Å². The number of aryl methyl sites for hydroxylation is 1. The first-order valence-electron chi connectivity index (χ1n) is 11.3. The van der Waals surface area contributed by atoms with Crippen LogP contribution in [0.15, 0.2) is 41.3 Å². The van der Waals surface area contributed by atoms with Crippen molar-refractivity contribution in [3.63, 3.8) is 0 Å². The van der Waals surface area contributed by atoms with Gasteiger partial charge in [-0.3, -0.25) is 4.79 Å². The first-order chi connectivity index (χ1) is 16.0. The van der Waals surface area contributed by atoms with Crippen LogP contribution in [-0.4, -0.2) is 44.4 Å². The molecule has 1 saturated carbocycles. The van der Waals surface area contributed by atoms with Crippen molar-refractivity contribution < 1.29 is 9.84 Å². The van der Waals surface area contributed by atoms with Crippen LogP contribution < -0.4 is 11.3 Å². The number of nitrogens with two attached hydrogens (primary N) is 1. The summed E-state index contributed by atoms with van der Waals surface area (Å²) in [5.41, 5.74) is 10.5. The second-order valence-corrected chi connectivity index (χ2v) is 8.63. The van der Waals surface area contributed by atoms with Crippen LogP contribution in [0, 0.1) is 6.92 Å². The number of anilines is 1. The molecule has 170 valence electrons. The third-order valence-corrected chi connectivity index (χ3v) is 6.59. The first kappa shape index (κ1) is 21.5. The molecule has 1 fully saturated rings. The maximum Gasteiger partial charge on any atom is 0.249 e. The smallest absolute Gasteiger partial charge is 0.249 e. The predicted molar refractivity (Wildman–Crippen MR) is 128 cm³/mol. The van der Waals surface area contributed by atoms with Crippen LogP contribution in [0.4, 0.5) is 5.82 Å². The van der Waals surface area contributed by atoms with E-state index in [9.17, 15) is 4.79 Å². The molecule has 0 aliphatic heterocycles. The molecule has 1 aromatic carbocycles. The molecule has 33 heavy (non-hydrogen) atoms. The molecule has 1 aliphatic rings. The minimum absolute atomic E-state index is 0.0606. The molecule has 8 nitrogen and oxygen atoms in total. The standard InChI is InChI=1S/C25H27N5O3/c1-14-18-3-2-4-19(15-5-8-17(9-6-15)33-12-11-31)22(18)29-23(26)21(14)25-27-13-16-7-10-20(32)28-24(16)30-25/h2-4,7,10,13,15,17,31H,5-6,8-9,11-12H2,1H3,(H2,26,29)(H,27,28,30,32). The van der Waals surface area contributed by atoms with Gasteiger partial charge in [-0.05, 0) is 55.7 Å². The Bertz CT molecular complexity index is 1380. The lowest BCUT2D eigenvalue weighted by atomic mass is 9.81. The fourth-order valence-electron chi connectivity index (χ4n) is 4.92. The second kappa shape index (κ2) is 8.88. The summed E-state index contributed by atoms with van der Waals surface area (Å²) in [6.07, 6.45) is 5.86. The maximum absolute atomic E-state index is 11.7. The SMILES string of the molecule is Cc1c(-c2ncc3ccc(=O)[nH]c3n2)c(N)nc2c(C3CCC(OCCO)CC3)cccc12. The van der Waals surface area contributed by atoms with Crippen molar-refractivity contribution in [1.29, 1.82) is 0 Å². The highest BCUT2D eigenvalue weighted by Gasteiger charge is 2.25. The number of ether oxygens (including phenoxy) is 1. The number of nitrogens with one attached hydrogen (secondary N) is 1. The number of aliphatic hydroxyl groups is 1. The van der Waals surface area contributed by atoms with E-state index in [1.807, 2.05) is 6.92 Å². The van der Waals surface area contributed by atoms with Crippen LogP contribution in [-0.2, 0) is 4.74 Å². The van der Waals surface area contributed by atoms with Crippen molar-refractivity contribution >= 4 is 27.8 Å². The minimum atomic E-state index is -0.213. The maximum atomic E-state index is 11.7. The average Bonchev–Trinajstić information content (AvgIpc) is 2.82. The Labute approximate surface area is 190 Å². The van der Waals surface area contributed by atoms with Gasteiger partial charge in [-0.1, -0.05) is 18.2 Å². The summed E-state index contributed by atoms with van der Waals surface area (Å²) in [5, 5.41) is 10.8. The van der Waals surface area contributed by atoms with E-state index in [-0.39, 0.29) is 18.3 Å². The van der Waals surface area contributed by atoms with Gasteiger partial charge in [0, 0.05) is 23.0 Å². The highest BCUT2D eigenvalue weighted by atomic mass is 16.5. The summed E-state index contributed by atoms with van der Waals surface area (Å²) in [7, 11) is 0. The lowest BCUT2D eigenvalue weighted by molar-refractivity contribution is 0.00586. The number of nitrogen functional groups attached to an aromatic ring is 1. The number of aromatic nitrogens is 4. The van der Waals surface area contributed by atoms with Crippen LogP contribution in [0.1, 0.15) is 42.7 Å². The van der Waals surface area contributed by atoms with Gasteiger partial charge in [-0.15, -0.1) is 0 Å². The molecule has 3 heterocycles. The Hall–Kier alpha value is -3.36. The van der Waals surface area contributed by atoms with Crippen molar-refractivity contribution in [2.45, 2.75) is 44.6 Å². The molecule has 1 aliphatic carbocycles. The molecule has 0 atom stereocenters. The van der Waals surface area contributed by atoms with Crippen molar-refractivity contribution in [2.75, 3.05) is 18.9 Å². The fourth-order valence-corrected chi connectivity index (χ4v) is 4.92. The van der Waals surface area contributed by atoms with E-state index in [1.54, 1.807) is 12.3 Å². The van der Waals surface area contributed by atoms with Gasteiger partial charge in [0.05, 0.1) is 30.4 Å².